The summed E-state index contributed by atoms with van der Waals surface area (Å²) in [5.74, 6) is -3.37. The molecule has 7 heteroatoms. The number of carbonyl (C=O) groups is 4. The van der Waals surface area contributed by atoms with Crippen molar-refractivity contribution in [3.8, 4) is 0 Å². The number of carboxylic acids is 2. The van der Waals surface area contributed by atoms with Crippen LogP contribution >= 0.6 is 0 Å². The molecule has 0 aromatic heterocycles. The molecule has 0 aliphatic rings. The molecule has 0 saturated heterocycles. The van der Waals surface area contributed by atoms with Crippen molar-refractivity contribution < 1.29 is 29.4 Å². The van der Waals surface area contributed by atoms with E-state index in [0.29, 0.717) is 0 Å². The number of hydrogen-bond acceptors (Lipinski definition) is 6. The zero-order valence-corrected chi connectivity index (χ0v) is 13.0. The van der Waals surface area contributed by atoms with Crippen LogP contribution in [-0.2, 0) is 19.2 Å². The molecule has 0 aromatic carbocycles. The molecule has 6 nitrogen and oxygen atoms in total. The minimum absolute atomic E-state index is 0. The van der Waals surface area contributed by atoms with Gasteiger partial charge in [0.1, 0.15) is 11.6 Å². The second kappa shape index (κ2) is 11.9. The summed E-state index contributed by atoms with van der Waals surface area (Å²) < 4.78 is 0. The molecule has 0 aliphatic heterocycles. The van der Waals surface area contributed by atoms with Gasteiger partial charge in [0.15, 0.2) is 0 Å². The Morgan fingerprint density at radius 3 is 1.00 bits per heavy atom. The summed E-state index contributed by atoms with van der Waals surface area (Å²) in [6.45, 7) is 2.41. The average Bonchev–Trinajstić information content (AvgIpc) is 1.79. The van der Waals surface area contributed by atoms with Crippen LogP contribution in [0.3, 0.4) is 0 Å². The van der Waals surface area contributed by atoms with E-state index in [0.717, 1.165) is 0 Å². The Hall–Kier alpha value is -0.149. The molecule has 0 radical (unpaired) electrons. The molecule has 0 aromatic rings. The molecule has 80 valence electrons. The topological polar surface area (TPSA) is 114 Å². The van der Waals surface area contributed by atoms with Crippen LogP contribution in [0.2, 0.25) is 0 Å². The maximum Gasteiger partial charge on any atom is 2.00 e. The molecule has 0 fully saturated rings. The first-order chi connectivity index (χ1) is 6.25. The summed E-state index contributed by atoms with van der Waals surface area (Å²) in [6.07, 6.45) is -0.944. The van der Waals surface area contributed by atoms with E-state index < -0.39 is 24.8 Å². The number of carboxylic acid groups (broad SMARTS) is 2. The molecule has 0 amide bonds. The predicted octanol–water partition coefficient (Wildman–Crippen LogP) is -2.95. The number of rotatable bonds is 4. The Bertz CT molecular complexity index is 198. The molecule has 0 heterocycles. The molecule has 0 aliphatic carbocycles. The second-order valence-electron chi connectivity index (χ2n) is 2.50. The van der Waals surface area contributed by atoms with Gasteiger partial charge in [0, 0.05) is 24.8 Å². The fourth-order valence-corrected chi connectivity index (χ4v) is 0.407. The Morgan fingerprint density at radius 2 is 1.00 bits per heavy atom. The van der Waals surface area contributed by atoms with Crippen LogP contribution in [-0.4, -0.2) is 72.4 Å². The standard InChI is InChI=1S/2C4H6O3.Ba/c2*1-3(5)2-4(6)7;/h2*2H2,1H3,(H,6,7);/q;;+2/p-2. The van der Waals surface area contributed by atoms with Crippen molar-refractivity contribution in [1.29, 1.82) is 0 Å². The Kier molecular flexibility index (Phi) is 16.1. The van der Waals surface area contributed by atoms with E-state index in [1.165, 1.54) is 13.8 Å². The Morgan fingerprint density at radius 1 is 0.800 bits per heavy atom. The average molecular weight is 339 g/mol. The normalized spacial score (nSPS) is 7.60. The van der Waals surface area contributed by atoms with Crippen molar-refractivity contribution in [3.05, 3.63) is 0 Å². The number of aliphatic carboxylic acids is 2. The summed E-state index contributed by atoms with van der Waals surface area (Å²) >= 11 is 0. The summed E-state index contributed by atoms with van der Waals surface area (Å²) in [5.41, 5.74) is 0. The van der Waals surface area contributed by atoms with Crippen LogP contribution < -0.4 is 10.2 Å². The van der Waals surface area contributed by atoms with E-state index in [-0.39, 0.29) is 60.4 Å². The molecule has 0 spiro atoms. The molecule has 0 rings (SSSR count). The zero-order chi connectivity index (χ0) is 11.7. The van der Waals surface area contributed by atoms with Crippen LogP contribution in [0.15, 0.2) is 0 Å². The molecule has 0 bridgehead atoms. The number of Topliss-reactive ketones (excluding diaryl/α,β-unsaturated/α-hetero) is 2. The third kappa shape index (κ3) is 31.6. The van der Waals surface area contributed by atoms with E-state index in [9.17, 15) is 29.4 Å². The summed E-state index contributed by atoms with van der Waals surface area (Å²) in [5, 5.41) is 19.0. The van der Waals surface area contributed by atoms with Gasteiger partial charge in [-0.1, -0.05) is 0 Å². The maximum absolute atomic E-state index is 9.83. The smallest absolute Gasteiger partial charge is 0.550 e. The van der Waals surface area contributed by atoms with E-state index in [4.69, 9.17) is 0 Å². The molecule has 15 heavy (non-hydrogen) atoms. The summed E-state index contributed by atoms with van der Waals surface area (Å²) in [6, 6.07) is 0. The number of ketones is 2. The van der Waals surface area contributed by atoms with Gasteiger partial charge in [-0.15, -0.1) is 0 Å². The van der Waals surface area contributed by atoms with E-state index in [2.05, 4.69) is 0 Å². The van der Waals surface area contributed by atoms with Gasteiger partial charge in [-0.2, -0.15) is 0 Å². The first kappa shape index (κ1) is 20.3. The van der Waals surface area contributed by atoms with Crippen molar-refractivity contribution in [2.75, 3.05) is 0 Å². The van der Waals surface area contributed by atoms with Crippen LogP contribution in [0.4, 0.5) is 0 Å². The Labute approximate surface area is 127 Å². The second-order valence-corrected chi connectivity index (χ2v) is 2.50. The first-order valence-corrected chi connectivity index (χ1v) is 3.64. The third-order valence-corrected chi connectivity index (χ3v) is 0.787. The molecule has 0 N–H and O–H groups in total. The zero-order valence-electron chi connectivity index (χ0n) is 8.57. The maximum atomic E-state index is 9.83. The van der Waals surface area contributed by atoms with Gasteiger partial charge in [-0.3, -0.25) is 9.59 Å². The molecular formula is C8H10BaO6. The van der Waals surface area contributed by atoms with Crippen molar-refractivity contribution in [2.45, 2.75) is 26.7 Å². The van der Waals surface area contributed by atoms with Gasteiger partial charge in [-0.05, 0) is 13.8 Å². The van der Waals surface area contributed by atoms with Crippen molar-refractivity contribution >= 4 is 72.4 Å². The van der Waals surface area contributed by atoms with Gasteiger partial charge < -0.3 is 19.8 Å². The number of carbonyl (C=O) groups excluding carboxylic acids is 4. The molecule has 0 atom stereocenters. The minimum atomic E-state index is -1.31. The van der Waals surface area contributed by atoms with Gasteiger partial charge in [0.05, 0.1) is 0 Å². The van der Waals surface area contributed by atoms with Crippen molar-refractivity contribution in [2.24, 2.45) is 0 Å². The third-order valence-electron chi connectivity index (χ3n) is 0.787. The van der Waals surface area contributed by atoms with E-state index in [1.54, 1.807) is 0 Å². The van der Waals surface area contributed by atoms with Gasteiger partial charge >= 0.3 is 48.9 Å². The van der Waals surface area contributed by atoms with Crippen LogP contribution in [0.1, 0.15) is 26.7 Å². The first-order valence-electron chi connectivity index (χ1n) is 3.64. The SMILES string of the molecule is CC(=O)CC(=O)[O-].CC(=O)CC(=O)[O-].[Ba+2]. The number of hydrogen-bond donors (Lipinski definition) is 0. The van der Waals surface area contributed by atoms with Crippen LogP contribution in [0.5, 0.6) is 0 Å². The van der Waals surface area contributed by atoms with Crippen molar-refractivity contribution in [1.82, 2.24) is 0 Å². The van der Waals surface area contributed by atoms with E-state index >= 15 is 0 Å². The predicted molar refractivity (Wildman–Crippen MR) is 46.4 cm³/mol. The van der Waals surface area contributed by atoms with Gasteiger partial charge in [0.25, 0.3) is 0 Å². The fraction of sp³-hybridized carbons (Fsp3) is 0.500. The van der Waals surface area contributed by atoms with Crippen molar-refractivity contribution in [3.63, 3.8) is 0 Å². The van der Waals surface area contributed by atoms with Gasteiger partial charge in [-0.25, -0.2) is 0 Å². The Balaban J connectivity index is -0.000000180. The minimum Gasteiger partial charge on any atom is -0.550 e. The summed E-state index contributed by atoms with van der Waals surface area (Å²) in [4.78, 5) is 38.6. The molecule has 0 unspecified atom stereocenters. The van der Waals surface area contributed by atoms with E-state index in [1.807, 2.05) is 0 Å². The van der Waals surface area contributed by atoms with Gasteiger partial charge in [0.2, 0.25) is 0 Å². The molecule has 0 saturated carbocycles. The largest absolute Gasteiger partial charge is 2.00 e. The van der Waals surface area contributed by atoms with Crippen LogP contribution in [0, 0.1) is 0 Å². The monoisotopic (exact) mass is 340 g/mol. The molecular weight excluding hydrogens is 329 g/mol. The van der Waals surface area contributed by atoms with Crippen LogP contribution in [0.25, 0.3) is 0 Å². The summed E-state index contributed by atoms with van der Waals surface area (Å²) in [7, 11) is 0. The quantitative estimate of drug-likeness (QED) is 0.399. The fourth-order valence-electron chi connectivity index (χ4n) is 0.407.